The van der Waals surface area contributed by atoms with Crippen LogP contribution >= 0.6 is 11.3 Å². The average molecular weight is 332 g/mol. The summed E-state index contributed by atoms with van der Waals surface area (Å²) in [5.74, 6) is 0. The maximum Gasteiger partial charge on any atom is 0.445 e. The van der Waals surface area contributed by atoms with Crippen LogP contribution in [0.25, 0.3) is 0 Å². The molecule has 0 atom stereocenters. The molecule has 1 aromatic carbocycles. The minimum Gasteiger partial charge on any atom is -0.380 e. The predicted molar refractivity (Wildman–Crippen MR) is 74.7 cm³/mol. The fourth-order valence-corrected chi connectivity index (χ4v) is 2.16. The van der Waals surface area contributed by atoms with Gasteiger partial charge in [-0.2, -0.15) is 13.2 Å². The van der Waals surface area contributed by atoms with Gasteiger partial charge in [0.2, 0.25) is 10.1 Å². The third-order valence-corrected chi connectivity index (χ3v) is 3.27. The second-order valence-corrected chi connectivity index (χ2v) is 5.10. The number of carbonyl (C=O) groups is 1. The van der Waals surface area contributed by atoms with Gasteiger partial charge in [0.15, 0.2) is 0 Å². The molecule has 6 nitrogen and oxygen atoms in total. The summed E-state index contributed by atoms with van der Waals surface area (Å²) in [6.07, 6.45) is -4.58. The van der Waals surface area contributed by atoms with E-state index in [0.717, 1.165) is 5.56 Å². The summed E-state index contributed by atoms with van der Waals surface area (Å²) in [6.45, 7) is 0.377. The van der Waals surface area contributed by atoms with Crippen LogP contribution in [0.15, 0.2) is 24.3 Å². The normalized spacial score (nSPS) is 11.3. The summed E-state index contributed by atoms with van der Waals surface area (Å²) in [5.41, 5.74) is 1.32. The van der Waals surface area contributed by atoms with Gasteiger partial charge in [0, 0.05) is 12.8 Å². The van der Waals surface area contributed by atoms with Crippen molar-refractivity contribution in [2.45, 2.75) is 12.8 Å². The number of carbonyl (C=O) groups excluding carboxylic acids is 1. The first kappa shape index (κ1) is 16.2. The highest BCUT2D eigenvalue weighted by molar-refractivity contribution is 7.15. The van der Waals surface area contributed by atoms with Crippen molar-refractivity contribution < 1.29 is 22.7 Å². The Morgan fingerprint density at radius 3 is 2.73 bits per heavy atom. The fraction of sp³-hybridized carbons (Fsp3) is 0.250. The Balaban J connectivity index is 1.98. The van der Waals surface area contributed by atoms with Crippen molar-refractivity contribution in [1.82, 2.24) is 10.2 Å². The van der Waals surface area contributed by atoms with E-state index in [9.17, 15) is 18.0 Å². The Labute approximate surface area is 127 Å². The van der Waals surface area contributed by atoms with Gasteiger partial charge in [0.05, 0.1) is 6.61 Å². The highest BCUT2D eigenvalue weighted by Gasteiger charge is 2.35. The summed E-state index contributed by atoms with van der Waals surface area (Å²) >= 11 is 0.251. The Bertz CT molecular complexity index is 660. The lowest BCUT2D eigenvalue weighted by Gasteiger charge is -2.07. The minimum absolute atomic E-state index is 0.238. The zero-order chi connectivity index (χ0) is 16.2. The van der Waals surface area contributed by atoms with Gasteiger partial charge in [-0.05, 0) is 17.7 Å². The zero-order valence-electron chi connectivity index (χ0n) is 11.3. The van der Waals surface area contributed by atoms with Crippen LogP contribution in [0.3, 0.4) is 0 Å². The van der Waals surface area contributed by atoms with Crippen molar-refractivity contribution in [3.63, 3.8) is 0 Å². The van der Waals surface area contributed by atoms with Gasteiger partial charge in [0.25, 0.3) is 0 Å². The first-order valence-corrected chi connectivity index (χ1v) is 6.76. The van der Waals surface area contributed by atoms with E-state index in [4.69, 9.17) is 4.74 Å². The molecule has 0 spiro atoms. The van der Waals surface area contributed by atoms with Crippen molar-refractivity contribution in [1.29, 1.82) is 0 Å². The third-order valence-electron chi connectivity index (χ3n) is 2.38. The third kappa shape index (κ3) is 4.40. The molecule has 0 aliphatic carbocycles. The zero-order valence-corrected chi connectivity index (χ0v) is 12.1. The monoisotopic (exact) mass is 332 g/mol. The van der Waals surface area contributed by atoms with Gasteiger partial charge < -0.3 is 10.1 Å². The first-order valence-electron chi connectivity index (χ1n) is 5.95. The summed E-state index contributed by atoms with van der Waals surface area (Å²) in [5, 5.41) is 9.57. The van der Waals surface area contributed by atoms with Gasteiger partial charge in [-0.3, -0.25) is 5.32 Å². The number of nitrogens with zero attached hydrogens (tertiary/aromatic N) is 2. The maximum absolute atomic E-state index is 12.4. The van der Waals surface area contributed by atoms with Crippen LogP contribution in [0.5, 0.6) is 0 Å². The lowest BCUT2D eigenvalue weighted by molar-refractivity contribution is -0.138. The van der Waals surface area contributed by atoms with Crippen LogP contribution < -0.4 is 10.6 Å². The first-order chi connectivity index (χ1) is 10.4. The highest BCUT2D eigenvalue weighted by atomic mass is 32.1. The van der Waals surface area contributed by atoms with E-state index in [1.54, 1.807) is 25.3 Å². The number of anilines is 2. The standard InChI is InChI=1S/C12H11F3N4O2S/c1-21-6-7-3-2-4-8(5-7)16-10(20)17-11-19-18-9(22-11)12(13,14)15/h2-5H,6H2,1H3,(H2,16,17,19,20). The van der Waals surface area contributed by atoms with Crippen LogP contribution in [-0.4, -0.2) is 23.3 Å². The second kappa shape index (κ2) is 6.71. The van der Waals surface area contributed by atoms with Crippen molar-refractivity contribution in [3.8, 4) is 0 Å². The summed E-state index contributed by atoms with van der Waals surface area (Å²) in [4.78, 5) is 11.7. The van der Waals surface area contributed by atoms with Gasteiger partial charge in [-0.1, -0.05) is 23.5 Å². The number of benzene rings is 1. The maximum atomic E-state index is 12.4. The van der Waals surface area contributed by atoms with Gasteiger partial charge in [0.1, 0.15) is 0 Å². The van der Waals surface area contributed by atoms with E-state index >= 15 is 0 Å². The number of urea groups is 1. The molecule has 2 amide bonds. The lowest BCUT2D eigenvalue weighted by Crippen LogP contribution is -2.19. The van der Waals surface area contributed by atoms with Crippen molar-refractivity contribution in [3.05, 3.63) is 34.8 Å². The molecule has 10 heteroatoms. The number of halogens is 3. The van der Waals surface area contributed by atoms with Crippen LogP contribution in [0.4, 0.5) is 28.8 Å². The molecule has 1 aromatic heterocycles. The number of amides is 2. The molecule has 2 aromatic rings. The van der Waals surface area contributed by atoms with Crippen LogP contribution in [0.2, 0.25) is 0 Å². The van der Waals surface area contributed by atoms with Crippen molar-refractivity contribution in [2.75, 3.05) is 17.7 Å². The Hall–Kier alpha value is -2.20. The number of rotatable bonds is 4. The van der Waals surface area contributed by atoms with E-state index in [1.165, 1.54) is 0 Å². The van der Waals surface area contributed by atoms with E-state index in [1.807, 2.05) is 6.07 Å². The number of alkyl halides is 3. The van der Waals surface area contributed by atoms with Gasteiger partial charge >= 0.3 is 12.2 Å². The largest absolute Gasteiger partial charge is 0.445 e. The number of hydrogen-bond donors (Lipinski definition) is 2. The van der Waals surface area contributed by atoms with E-state index in [-0.39, 0.29) is 16.5 Å². The molecule has 118 valence electrons. The van der Waals surface area contributed by atoms with Gasteiger partial charge in [-0.15, -0.1) is 10.2 Å². The molecule has 1 heterocycles. The van der Waals surface area contributed by atoms with Crippen molar-refractivity contribution in [2.24, 2.45) is 0 Å². The number of hydrogen-bond acceptors (Lipinski definition) is 5. The Morgan fingerprint density at radius 2 is 2.09 bits per heavy atom. The fourth-order valence-electron chi connectivity index (χ4n) is 1.55. The average Bonchev–Trinajstić information content (AvgIpc) is 2.87. The molecular weight excluding hydrogens is 321 g/mol. The van der Waals surface area contributed by atoms with E-state index < -0.39 is 17.2 Å². The number of aromatic nitrogens is 2. The molecule has 0 saturated carbocycles. The van der Waals surface area contributed by atoms with Crippen LogP contribution in [0, 0.1) is 0 Å². The van der Waals surface area contributed by atoms with Gasteiger partial charge in [-0.25, -0.2) is 4.79 Å². The molecule has 0 bridgehead atoms. The molecule has 0 aliphatic heterocycles. The molecule has 22 heavy (non-hydrogen) atoms. The predicted octanol–water partition coefficient (Wildman–Crippen LogP) is 3.35. The smallest absolute Gasteiger partial charge is 0.380 e. The van der Waals surface area contributed by atoms with E-state index in [0.29, 0.717) is 12.3 Å². The molecule has 0 radical (unpaired) electrons. The van der Waals surface area contributed by atoms with E-state index in [2.05, 4.69) is 20.8 Å². The highest BCUT2D eigenvalue weighted by Crippen LogP contribution is 2.32. The number of ether oxygens (including phenoxy) is 1. The summed E-state index contributed by atoms with van der Waals surface area (Å²) in [7, 11) is 1.54. The molecule has 0 fully saturated rings. The minimum atomic E-state index is -4.58. The molecule has 0 saturated heterocycles. The quantitative estimate of drug-likeness (QED) is 0.900. The second-order valence-electron chi connectivity index (χ2n) is 4.12. The topological polar surface area (TPSA) is 76.1 Å². The Kier molecular flexibility index (Phi) is 4.93. The molecule has 0 unspecified atom stereocenters. The number of nitrogens with one attached hydrogen (secondary N) is 2. The molecule has 2 rings (SSSR count). The Morgan fingerprint density at radius 1 is 1.32 bits per heavy atom. The molecule has 0 aliphatic rings. The molecular formula is C12H11F3N4O2S. The summed E-state index contributed by atoms with van der Waals surface area (Å²) < 4.78 is 42.1. The van der Waals surface area contributed by atoms with Crippen molar-refractivity contribution >= 4 is 28.2 Å². The lowest BCUT2D eigenvalue weighted by atomic mass is 10.2. The molecule has 2 N–H and O–H groups in total. The SMILES string of the molecule is COCc1cccc(NC(=O)Nc2nnc(C(F)(F)F)s2)c1. The van der Waals surface area contributed by atoms with Crippen LogP contribution in [0.1, 0.15) is 10.6 Å². The number of methoxy groups -OCH3 is 1. The summed E-state index contributed by atoms with van der Waals surface area (Å²) in [6, 6.07) is 6.15. The van der Waals surface area contributed by atoms with Crippen LogP contribution in [-0.2, 0) is 17.5 Å².